The Morgan fingerprint density at radius 3 is 2.14 bits per heavy atom. The predicted molar refractivity (Wildman–Crippen MR) is 116 cm³/mol. The van der Waals surface area contributed by atoms with Crippen molar-refractivity contribution in [2.45, 2.75) is 59.3 Å². The standard InChI is InChI=1S/C23H24Br2O3/c1-22(2)8-6-16-19(20(22)27)17(12-9-13(24)11-14(25)10-12)18-15(26)5-7-23(3,4)21(18)28-16/h9-11,17H,5-8H2,1-4H3. The average Bonchev–Trinajstić information content (AvgIpc) is 2.60. The van der Waals surface area contributed by atoms with Crippen LogP contribution < -0.4 is 0 Å². The number of ether oxygens (including phenoxy) is 1. The molecule has 5 heteroatoms. The van der Waals surface area contributed by atoms with Gasteiger partial charge in [0.2, 0.25) is 0 Å². The molecule has 0 bridgehead atoms. The van der Waals surface area contributed by atoms with Crippen molar-refractivity contribution >= 4 is 43.4 Å². The van der Waals surface area contributed by atoms with Crippen LogP contribution in [0.15, 0.2) is 49.8 Å². The van der Waals surface area contributed by atoms with Gasteiger partial charge in [-0.2, -0.15) is 0 Å². The Morgan fingerprint density at radius 2 is 1.50 bits per heavy atom. The quantitative estimate of drug-likeness (QED) is 0.429. The van der Waals surface area contributed by atoms with Crippen LogP contribution in [0.5, 0.6) is 0 Å². The van der Waals surface area contributed by atoms with Gasteiger partial charge in [-0.25, -0.2) is 0 Å². The number of allylic oxidation sites excluding steroid dienone is 4. The van der Waals surface area contributed by atoms with Crippen LogP contribution in [0.4, 0.5) is 0 Å². The predicted octanol–water partition coefficient (Wildman–Crippen LogP) is 6.61. The molecule has 0 spiro atoms. The van der Waals surface area contributed by atoms with Crippen molar-refractivity contribution in [3.63, 3.8) is 0 Å². The second-order valence-corrected chi connectivity index (χ2v) is 11.2. The minimum atomic E-state index is -0.449. The first kappa shape index (κ1) is 20.1. The summed E-state index contributed by atoms with van der Waals surface area (Å²) in [5.74, 6) is 1.34. The lowest BCUT2D eigenvalue weighted by Crippen LogP contribution is -2.40. The van der Waals surface area contributed by atoms with E-state index in [1.165, 1.54) is 0 Å². The Kier molecular flexibility index (Phi) is 4.78. The number of carbonyl (C=O) groups is 2. The van der Waals surface area contributed by atoms with Gasteiger partial charge in [0.1, 0.15) is 11.5 Å². The van der Waals surface area contributed by atoms with Crippen LogP contribution in [0.1, 0.15) is 64.9 Å². The van der Waals surface area contributed by atoms with Crippen molar-refractivity contribution in [3.05, 3.63) is 55.4 Å². The van der Waals surface area contributed by atoms with Crippen LogP contribution in [0.3, 0.4) is 0 Å². The summed E-state index contributed by atoms with van der Waals surface area (Å²) >= 11 is 7.14. The van der Waals surface area contributed by atoms with Crippen molar-refractivity contribution in [2.75, 3.05) is 0 Å². The summed E-state index contributed by atoms with van der Waals surface area (Å²) in [4.78, 5) is 26.6. The molecule has 148 valence electrons. The molecule has 0 fully saturated rings. The summed E-state index contributed by atoms with van der Waals surface area (Å²) in [7, 11) is 0. The third-order valence-corrected chi connectivity index (χ3v) is 7.21. The number of rotatable bonds is 1. The summed E-state index contributed by atoms with van der Waals surface area (Å²) in [6, 6.07) is 5.99. The SMILES string of the molecule is CC1(C)CCC2=C(C1=O)C(c1cc(Br)cc(Br)c1)C1=C(O2)C(C)(C)CCC1=O. The first-order valence-corrected chi connectivity index (χ1v) is 11.3. The highest BCUT2D eigenvalue weighted by molar-refractivity contribution is 9.11. The molecule has 0 saturated carbocycles. The fourth-order valence-corrected chi connectivity index (χ4v) is 5.89. The van der Waals surface area contributed by atoms with Crippen LogP contribution in [0, 0.1) is 10.8 Å². The molecule has 0 aromatic heterocycles. The maximum atomic E-state index is 13.5. The molecule has 0 radical (unpaired) electrons. The van der Waals surface area contributed by atoms with Crippen molar-refractivity contribution in [1.82, 2.24) is 0 Å². The summed E-state index contributed by atoms with van der Waals surface area (Å²) in [6.45, 7) is 8.23. The van der Waals surface area contributed by atoms with Gasteiger partial charge >= 0.3 is 0 Å². The lowest BCUT2D eigenvalue weighted by atomic mass is 9.64. The van der Waals surface area contributed by atoms with E-state index in [1.54, 1.807) is 0 Å². The van der Waals surface area contributed by atoms with E-state index in [0.29, 0.717) is 17.6 Å². The highest BCUT2D eigenvalue weighted by Crippen LogP contribution is 2.54. The largest absolute Gasteiger partial charge is 0.465 e. The van der Waals surface area contributed by atoms with E-state index in [2.05, 4.69) is 45.7 Å². The molecule has 3 aliphatic rings. The number of carbonyl (C=O) groups excluding carboxylic acids is 2. The number of hydrogen-bond acceptors (Lipinski definition) is 3. The van der Waals surface area contributed by atoms with Gasteiger partial charge in [0, 0.05) is 49.7 Å². The normalized spacial score (nSPS) is 26.0. The molecule has 0 N–H and O–H groups in total. The minimum absolute atomic E-state index is 0.0950. The lowest BCUT2D eigenvalue weighted by Gasteiger charge is -2.44. The number of Topliss-reactive ketones (excluding diaryl/α,β-unsaturated/α-hetero) is 2. The lowest BCUT2D eigenvalue weighted by molar-refractivity contribution is -0.125. The molecule has 3 nitrogen and oxygen atoms in total. The van der Waals surface area contributed by atoms with Crippen molar-refractivity contribution in [2.24, 2.45) is 10.8 Å². The van der Waals surface area contributed by atoms with E-state index in [1.807, 2.05) is 32.0 Å². The molecular weight excluding hydrogens is 484 g/mol. The molecule has 28 heavy (non-hydrogen) atoms. The zero-order valence-corrected chi connectivity index (χ0v) is 19.8. The van der Waals surface area contributed by atoms with Crippen LogP contribution >= 0.6 is 31.9 Å². The molecule has 1 aromatic carbocycles. The Labute approximate surface area is 182 Å². The average molecular weight is 508 g/mol. The van der Waals surface area contributed by atoms with E-state index in [9.17, 15) is 9.59 Å². The zero-order valence-electron chi connectivity index (χ0n) is 16.6. The molecule has 0 saturated heterocycles. The number of ketones is 2. The second kappa shape index (κ2) is 6.66. The van der Waals surface area contributed by atoms with Crippen molar-refractivity contribution in [3.8, 4) is 0 Å². The molecule has 1 unspecified atom stereocenters. The Bertz CT molecular complexity index is 946. The summed E-state index contributed by atoms with van der Waals surface area (Å²) in [5, 5.41) is 0. The Morgan fingerprint density at radius 1 is 0.893 bits per heavy atom. The van der Waals surface area contributed by atoms with E-state index in [4.69, 9.17) is 4.74 Å². The van der Waals surface area contributed by atoms with Crippen molar-refractivity contribution in [1.29, 1.82) is 0 Å². The summed E-state index contributed by atoms with van der Waals surface area (Å²) < 4.78 is 8.18. The summed E-state index contributed by atoms with van der Waals surface area (Å²) in [5.41, 5.74) is 1.62. The van der Waals surface area contributed by atoms with E-state index in [0.717, 1.165) is 45.3 Å². The fraction of sp³-hybridized carbons (Fsp3) is 0.478. The first-order valence-electron chi connectivity index (χ1n) is 9.71. The van der Waals surface area contributed by atoms with E-state index in [-0.39, 0.29) is 22.9 Å². The third-order valence-electron chi connectivity index (χ3n) is 6.29. The van der Waals surface area contributed by atoms with Crippen molar-refractivity contribution < 1.29 is 14.3 Å². The molecule has 1 aliphatic heterocycles. The number of hydrogen-bond donors (Lipinski definition) is 0. The van der Waals surface area contributed by atoms with E-state index < -0.39 is 5.41 Å². The molecule has 2 aliphatic carbocycles. The zero-order chi connectivity index (χ0) is 20.4. The van der Waals surface area contributed by atoms with Crippen LogP contribution in [0.25, 0.3) is 0 Å². The maximum Gasteiger partial charge on any atom is 0.168 e. The maximum absolute atomic E-state index is 13.5. The topological polar surface area (TPSA) is 43.4 Å². The van der Waals surface area contributed by atoms with Gasteiger partial charge in [-0.3, -0.25) is 9.59 Å². The highest BCUT2D eigenvalue weighted by atomic mass is 79.9. The molecule has 1 heterocycles. The Balaban J connectivity index is 2.00. The molecule has 4 rings (SSSR count). The highest BCUT2D eigenvalue weighted by Gasteiger charge is 2.50. The molecule has 1 atom stereocenters. The van der Waals surface area contributed by atoms with Gasteiger partial charge in [0.15, 0.2) is 11.6 Å². The number of halogens is 2. The monoisotopic (exact) mass is 506 g/mol. The molecular formula is C23H24Br2O3. The summed E-state index contributed by atoms with van der Waals surface area (Å²) in [6.07, 6.45) is 2.74. The molecule has 1 aromatic rings. The van der Waals surface area contributed by atoms with Gasteiger partial charge in [-0.05, 0) is 36.6 Å². The molecule has 0 amide bonds. The third kappa shape index (κ3) is 3.15. The fourth-order valence-electron chi connectivity index (χ4n) is 4.56. The van der Waals surface area contributed by atoms with Gasteiger partial charge in [0.05, 0.1) is 0 Å². The smallest absolute Gasteiger partial charge is 0.168 e. The number of benzene rings is 1. The van der Waals surface area contributed by atoms with Gasteiger partial charge in [-0.1, -0.05) is 59.6 Å². The Hall–Kier alpha value is -1.20. The van der Waals surface area contributed by atoms with E-state index >= 15 is 0 Å². The van der Waals surface area contributed by atoms with Gasteiger partial charge in [0.25, 0.3) is 0 Å². The van der Waals surface area contributed by atoms with Crippen LogP contribution in [-0.2, 0) is 14.3 Å². The van der Waals surface area contributed by atoms with Gasteiger partial charge in [-0.15, -0.1) is 0 Å². The van der Waals surface area contributed by atoms with Crippen LogP contribution in [0.2, 0.25) is 0 Å². The first-order chi connectivity index (χ1) is 13.0. The van der Waals surface area contributed by atoms with Crippen LogP contribution in [-0.4, -0.2) is 11.6 Å². The second-order valence-electron chi connectivity index (χ2n) is 9.34. The van der Waals surface area contributed by atoms with Gasteiger partial charge < -0.3 is 4.74 Å². The minimum Gasteiger partial charge on any atom is -0.465 e.